The second kappa shape index (κ2) is 10.3. The lowest BCUT2D eigenvalue weighted by atomic mass is 10.0. The topological polar surface area (TPSA) is 64.5 Å². The number of hydrogen-bond acceptors (Lipinski definition) is 5. The van der Waals surface area contributed by atoms with Crippen molar-refractivity contribution in [2.75, 3.05) is 0 Å². The van der Waals surface area contributed by atoms with E-state index in [1.807, 2.05) is 121 Å². The average Bonchev–Trinajstić information content (AvgIpc) is 3.05. The smallest absolute Gasteiger partial charge is 0.164 e. The summed E-state index contributed by atoms with van der Waals surface area (Å²) in [7, 11) is 0. The number of hydrogen-bond donors (Lipinski definition) is 0. The molecule has 7 aromatic rings. The van der Waals surface area contributed by atoms with Gasteiger partial charge in [0.15, 0.2) is 23.3 Å². The van der Waals surface area contributed by atoms with Crippen molar-refractivity contribution in [2.45, 2.75) is 0 Å². The van der Waals surface area contributed by atoms with E-state index in [2.05, 4.69) is 18.2 Å². The van der Waals surface area contributed by atoms with Gasteiger partial charge in [-0.1, -0.05) is 127 Å². The van der Waals surface area contributed by atoms with Gasteiger partial charge in [0.25, 0.3) is 0 Å². The molecule has 5 aromatic carbocycles. The fourth-order valence-electron chi connectivity index (χ4n) is 4.76. The van der Waals surface area contributed by atoms with Crippen molar-refractivity contribution in [1.29, 1.82) is 0 Å². The minimum atomic E-state index is 0.608. The van der Waals surface area contributed by atoms with Crippen LogP contribution in [0.25, 0.3) is 67.7 Å². The Morgan fingerprint density at radius 2 is 0.725 bits per heavy atom. The highest BCUT2D eigenvalue weighted by Gasteiger charge is 2.15. The standard InChI is InChI=1S/C35H23N5/c1-4-13-24(14-5-1)32-36-30-22-11-10-21-29(30)31(37-32)27-19-12-20-28(23-27)35-39-33(25-15-6-2-7-16-25)38-34(40-35)26-17-8-3-9-18-26/h1-23H. The fourth-order valence-corrected chi connectivity index (χ4v) is 4.76. The molecular formula is C35H23N5. The predicted molar refractivity (Wildman–Crippen MR) is 160 cm³/mol. The maximum Gasteiger partial charge on any atom is 0.164 e. The molecule has 0 aliphatic carbocycles. The van der Waals surface area contributed by atoms with Crippen LogP contribution in [0.2, 0.25) is 0 Å². The molecule has 188 valence electrons. The van der Waals surface area contributed by atoms with Crippen molar-refractivity contribution >= 4 is 10.9 Å². The van der Waals surface area contributed by atoms with Gasteiger partial charge in [0, 0.05) is 33.2 Å². The van der Waals surface area contributed by atoms with Gasteiger partial charge < -0.3 is 0 Å². The van der Waals surface area contributed by atoms with Gasteiger partial charge in [0.2, 0.25) is 0 Å². The van der Waals surface area contributed by atoms with Crippen LogP contribution in [0.15, 0.2) is 140 Å². The molecule has 0 saturated carbocycles. The number of nitrogens with zero attached hydrogens (tertiary/aromatic N) is 5. The molecule has 5 heteroatoms. The maximum atomic E-state index is 5.04. The fraction of sp³-hybridized carbons (Fsp3) is 0. The third-order valence-corrected chi connectivity index (χ3v) is 6.73. The van der Waals surface area contributed by atoms with Gasteiger partial charge in [-0.3, -0.25) is 0 Å². The van der Waals surface area contributed by atoms with Crippen molar-refractivity contribution in [3.63, 3.8) is 0 Å². The van der Waals surface area contributed by atoms with Gasteiger partial charge >= 0.3 is 0 Å². The number of benzene rings is 5. The van der Waals surface area contributed by atoms with Crippen LogP contribution in [0, 0.1) is 0 Å². The van der Waals surface area contributed by atoms with E-state index in [0.29, 0.717) is 23.3 Å². The van der Waals surface area contributed by atoms with E-state index in [1.165, 1.54) is 0 Å². The molecule has 0 fully saturated rings. The Morgan fingerprint density at radius 3 is 1.30 bits per heavy atom. The van der Waals surface area contributed by atoms with Crippen LogP contribution in [-0.2, 0) is 0 Å². The zero-order valence-electron chi connectivity index (χ0n) is 21.5. The van der Waals surface area contributed by atoms with Gasteiger partial charge in [0.1, 0.15) is 0 Å². The lowest BCUT2D eigenvalue weighted by Crippen LogP contribution is -2.00. The van der Waals surface area contributed by atoms with E-state index >= 15 is 0 Å². The van der Waals surface area contributed by atoms with E-state index < -0.39 is 0 Å². The Balaban J connectivity index is 1.40. The van der Waals surface area contributed by atoms with Crippen LogP contribution < -0.4 is 0 Å². The molecule has 0 bridgehead atoms. The van der Waals surface area contributed by atoms with E-state index in [0.717, 1.165) is 44.4 Å². The van der Waals surface area contributed by atoms with Crippen LogP contribution >= 0.6 is 0 Å². The summed E-state index contributed by atoms with van der Waals surface area (Å²) < 4.78 is 0. The van der Waals surface area contributed by atoms with Crippen molar-refractivity contribution in [3.05, 3.63) is 140 Å². The summed E-state index contributed by atoms with van der Waals surface area (Å²) in [5, 5.41) is 0.991. The third-order valence-electron chi connectivity index (χ3n) is 6.73. The van der Waals surface area contributed by atoms with E-state index in [-0.39, 0.29) is 0 Å². The molecule has 0 unspecified atom stereocenters. The Hall–Kier alpha value is -5.55. The maximum absolute atomic E-state index is 5.04. The molecular weight excluding hydrogens is 490 g/mol. The van der Waals surface area contributed by atoms with Gasteiger partial charge in [0.05, 0.1) is 11.2 Å². The van der Waals surface area contributed by atoms with Crippen molar-refractivity contribution in [1.82, 2.24) is 24.9 Å². The van der Waals surface area contributed by atoms with Crippen LogP contribution in [0.3, 0.4) is 0 Å². The molecule has 0 N–H and O–H groups in total. The molecule has 0 radical (unpaired) electrons. The molecule has 0 aliphatic heterocycles. The lowest BCUT2D eigenvalue weighted by molar-refractivity contribution is 1.07. The second-order valence-electron chi connectivity index (χ2n) is 9.40. The monoisotopic (exact) mass is 513 g/mol. The first-order chi connectivity index (χ1) is 19.8. The molecule has 5 nitrogen and oxygen atoms in total. The zero-order chi connectivity index (χ0) is 26.7. The first-order valence-corrected chi connectivity index (χ1v) is 13.1. The summed E-state index contributed by atoms with van der Waals surface area (Å²) in [6, 6.07) is 46.4. The number of aromatic nitrogens is 5. The first kappa shape index (κ1) is 23.6. The van der Waals surface area contributed by atoms with Crippen LogP contribution in [-0.4, -0.2) is 24.9 Å². The Kier molecular flexibility index (Phi) is 6.07. The Bertz CT molecular complexity index is 1880. The summed E-state index contributed by atoms with van der Waals surface area (Å²) in [4.78, 5) is 24.5. The van der Waals surface area contributed by atoms with Crippen LogP contribution in [0.4, 0.5) is 0 Å². The average molecular weight is 514 g/mol. The first-order valence-electron chi connectivity index (χ1n) is 13.1. The molecule has 0 aliphatic rings. The molecule has 2 aromatic heterocycles. The van der Waals surface area contributed by atoms with Crippen LogP contribution in [0.5, 0.6) is 0 Å². The highest BCUT2D eigenvalue weighted by atomic mass is 15.0. The molecule has 2 heterocycles. The highest BCUT2D eigenvalue weighted by molar-refractivity contribution is 5.94. The predicted octanol–water partition coefficient (Wildman–Crippen LogP) is 8.15. The molecule has 0 atom stereocenters. The van der Waals surface area contributed by atoms with Crippen molar-refractivity contribution < 1.29 is 0 Å². The minimum Gasteiger partial charge on any atom is -0.228 e. The summed E-state index contributed by atoms with van der Waals surface area (Å²) in [5.41, 5.74) is 6.47. The van der Waals surface area contributed by atoms with E-state index in [1.54, 1.807) is 0 Å². The molecule has 0 saturated heterocycles. The molecule has 40 heavy (non-hydrogen) atoms. The van der Waals surface area contributed by atoms with E-state index in [9.17, 15) is 0 Å². The summed E-state index contributed by atoms with van der Waals surface area (Å²) in [6.45, 7) is 0. The summed E-state index contributed by atoms with van der Waals surface area (Å²) in [5.74, 6) is 2.57. The highest BCUT2D eigenvalue weighted by Crippen LogP contribution is 2.32. The summed E-state index contributed by atoms with van der Waals surface area (Å²) in [6.07, 6.45) is 0. The van der Waals surface area contributed by atoms with Gasteiger partial charge in [-0.25, -0.2) is 24.9 Å². The van der Waals surface area contributed by atoms with Gasteiger partial charge in [-0.05, 0) is 12.1 Å². The number of rotatable bonds is 5. The lowest BCUT2D eigenvalue weighted by Gasteiger charge is -2.11. The molecule has 7 rings (SSSR count). The van der Waals surface area contributed by atoms with E-state index in [4.69, 9.17) is 24.9 Å². The summed E-state index contributed by atoms with van der Waals surface area (Å²) >= 11 is 0. The number of para-hydroxylation sites is 1. The Labute approximate surface area is 231 Å². The van der Waals surface area contributed by atoms with Crippen molar-refractivity contribution in [2.24, 2.45) is 0 Å². The quantitative estimate of drug-likeness (QED) is 0.232. The van der Waals surface area contributed by atoms with Crippen LogP contribution in [0.1, 0.15) is 0 Å². The third kappa shape index (κ3) is 4.61. The van der Waals surface area contributed by atoms with Crippen molar-refractivity contribution in [3.8, 4) is 56.8 Å². The minimum absolute atomic E-state index is 0.608. The largest absolute Gasteiger partial charge is 0.228 e. The zero-order valence-corrected chi connectivity index (χ0v) is 21.5. The SMILES string of the molecule is c1ccc(-c2nc(-c3ccccc3)nc(-c3cccc(-c4nc(-c5ccccc5)nc5ccccc45)c3)n2)cc1. The van der Waals surface area contributed by atoms with Gasteiger partial charge in [-0.2, -0.15) is 0 Å². The normalized spacial score (nSPS) is 11.0. The second-order valence-corrected chi connectivity index (χ2v) is 9.40. The molecule has 0 amide bonds. The van der Waals surface area contributed by atoms with Gasteiger partial charge in [-0.15, -0.1) is 0 Å². The number of fused-ring (bicyclic) bond motifs is 1. The molecule has 0 spiro atoms. The Morgan fingerprint density at radius 1 is 0.300 bits per heavy atom.